The summed E-state index contributed by atoms with van der Waals surface area (Å²) in [6.07, 6.45) is -2.17. The first kappa shape index (κ1) is 24.0. The van der Waals surface area contributed by atoms with E-state index in [2.05, 4.69) is 15.2 Å². The highest BCUT2D eigenvalue weighted by molar-refractivity contribution is 6.35. The number of hydrogen-bond donors (Lipinski definition) is 1. The topological polar surface area (TPSA) is 56.2 Å². The van der Waals surface area contributed by atoms with Crippen molar-refractivity contribution in [1.29, 1.82) is 0 Å². The van der Waals surface area contributed by atoms with Gasteiger partial charge in [-0.2, -0.15) is 13.9 Å². The van der Waals surface area contributed by atoms with Gasteiger partial charge >= 0.3 is 12.3 Å². The number of amides is 1. The molecule has 170 valence electrons. The van der Waals surface area contributed by atoms with Crippen LogP contribution in [0.25, 0.3) is 0 Å². The molecule has 5 nitrogen and oxygen atoms in total. The van der Waals surface area contributed by atoms with Crippen molar-refractivity contribution in [2.24, 2.45) is 0 Å². The van der Waals surface area contributed by atoms with E-state index < -0.39 is 24.9 Å². The number of nitrogens with one attached hydrogen (secondary N) is 1. The summed E-state index contributed by atoms with van der Waals surface area (Å²) in [5, 5.41) is 7.86. The Labute approximate surface area is 190 Å². The van der Waals surface area contributed by atoms with Crippen LogP contribution in [0, 0.1) is 0 Å². The number of rotatable bonds is 9. The summed E-state index contributed by atoms with van der Waals surface area (Å²) < 4.78 is 56.4. The second kappa shape index (κ2) is 10.3. The predicted octanol–water partition coefficient (Wildman–Crippen LogP) is 5.91. The molecule has 0 aliphatic heterocycles. The quantitative estimate of drug-likeness (QED) is 0.380. The third-order valence-electron chi connectivity index (χ3n) is 4.34. The average molecular weight is 490 g/mol. The smallest absolute Gasteiger partial charge is 0.330 e. The van der Waals surface area contributed by atoms with Crippen LogP contribution in [0.15, 0.2) is 54.7 Å². The monoisotopic (exact) mass is 489 g/mol. The number of halogens is 6. The largest absolute Gasteiger partial charge is 0.370 e. The van der Waals surface area contributed by atoms with Crippen molar-refractivity contribution in [1.82, 2.24) is 9.78 Å². The molecule has 3 rings (SSSR count). The molecule has 11 heteroatoms. The van der Waals surface area contributed by atoms with Crippen LogP contribution >= 0.6 is 23.2 Å². The summed E-state index contributed by atoms with van der Waals surface area (Å²) >= 11 is 12.3. The minimum absolute atomic E-state index is 0.218. The summed E-state index contributed by atoms with van der Waals surface area (Å²) in [4.78, 5) is 12.5. The first-order chi connectivity index (χ1) is 15.2. The number of benzene rings is 2. The molecular formula is C21H17Cl2F4N3O2. The van der Waals surface area contributed by atoms with Gasteiger partial charge in [0.2, 0.25) is 0 Å². The Bertz CT molecular complexity index is 1070. The standard InChI is InChI=1S/C21H17Cl2F4N3O2/c22-16-5-2-6-17(23)15(16)10-30-8-7-18(29-30)28-19(31)14-4-1-3-13(9-14)11-32-12-21(26,27)20(24)25/h1-9,20H,10-12H2,(H,28,29,31). The molecule has 0 spiro atoms. The van der Waals surface area contributed by atoms with Crippen LogP contribution in [-0.4, -0.2) is 34.6 Å². The van der Waals surface area contributed by atoms with Crippen LogP contribution in [0.5, 0.6) is 0 Å². The van der Waals surface area contributed by atoms with E-state index in [1.807, 2.05) is 0 Å². The number of alkyl halides is 4. The lowest BCUT2D eigenvalue weighted by molar-refractivity contribution is -0.168. The number of carbonyl (C=O) groups excluding carboxylic acids is 1. The van der Waals surface area contributed by atoms with Crippen LogP contribution in [0.3, 0.4) is 0 Å². The van der Waals surface area contributed by atoms with Gasteiger partial charge in [-0.1, -0.05) is 41.4 Å². The zero-order chi connectivity index (χ0) is 23.3. The number of carbonyl (C=O) groups is 1. The maximum Gasteiger partial charge on any atom is 0.330 e. The Hall–Kier alpha value is -2.62. The second-order valence-electron chi connectivity index (χ2n) is 6.81. The molecule has 0 unspecified atom stereocenters. The number of ether oxygens (including phenoxy) is 1. The summed E-state index contributed by atoms with van der Waals surface area (Å²) in [5.74, 6) is -4.45. The first-order valence-corrected chi connectivity index (χ1v) is 10.0. The summed E-state index contributed by atoms with van der Waals surface area (Å²) in [6, 6.07) is 12.7. The van der Waals surface area contributed by atoms with Crippen molar-refractivity contribution in [2.45, 2.75) is 25.5 Å². The second-order valence-corrected chi connectivity index (χ2v) is 7.62. The number of aromatic nitrogens is 2. The van der Waals surface area contributed by atoms with Gasteiger partial charge in [0.25, 0.3) is 5.91 Å². The van der Waals surface area contributed by atoms with E-state index in [9.17, 15) is 22.4 Å². The molecule has 32 heavy (non-hydrogen) atoms. The highest BCUT2D eigenvalue weighted by Gasteiger charge is 2.40. The van der Waals surface area contributed by atoms with Crippen molar-refractivity contribution >= 4 is 34.9 Å². The van der Waals surface area contributed by atoms with Crippen molar-refractivity contribution in [2.75, 3.05) is 11.9 Å². The molecule has 0 radical (unpaired) electrons. The molecule has 0 saturated heterocycles. The average Bonchev–Trinajstić information content (AvgIpc) is 3.18. The molecule has 0 fully saturated rings. The van der Waals surface area contributed by atoms with Crippen LogP contribution in [-0.2, 0) is 17.9 Å². The van der Waals surface area contributed by atoms with Gasteiger partial charge < -0.3 is 10.1 Å². The molecule has 1 amide bonds. The van der Waals surface area contributed by atoms with Crippen LogP contribution in [0.4, 0.5) is 23.4 Å². The van der Waals surface area contributed by atoms with E-state index >= 15 is 0 Å². The number of hydrogen-bond acceptors (Lipinski definition) is 3. The Kier molecular flexibility index (Phi) is 7.76. The highest BCUT2D eigenvalue weighted by atomic mass is 35.5. The maximum absolute atomic E-state index is 12.9. The van der Waals surface area contributed by atoms with E-state index in [0.29, 0.717) is 27.7 Å². The SMILES string of the molecule is O=C(Nc1ccn(Cc2c(Cl)cccc2Cl)n1)c1cccc(COCC(F)(F)C(F)F)c1. The Balaban J connectivity index is 1.60. The fraction of sp³-hybridized carbons (Fsp3) is 0.238. The third-order valence-corrected chi connectivity index (χ3v) is 5.04. The normalized spacial score (nSPS) is 11.7. The zero-order valence-electron chi connectivity index (χ0n) is 16.4. The van der Waals surface area contributed by atoms with E-state index in [-0.39, 0.29) is 18.0 Å². The van der Waals surface area contributed by atoms with Crippen LogP contribution < -0.4 is 5.32 Å². The molecule has 0 saturated carbocycles. The fourth-order valence-corrected chi connectivity index (χ4v) is 3.24. The fourth-order valence-electron chi connectivity index (χ4n) is 2.72. The molecule has 3 aromatic rings. The Morgan fingerprint density at radius 1 is 1.12 bits per heavy atom. The maximum atomic E-state index is 12.9. The van der Waals surface area contributed by atoms with Crippen molar-refractivity contribution in [3.05, 3.63) is 81.5 Å². The Morgan fingerprint density at radius 3 is 2.50 bits per heavy atom. The minimum atomic E-state index is -4.23. The van der Waals surface area contributed by atoms with Gasteiger partial charge in [0.1, 0.15) is 6.61 Å². The van der Waals surface area contributed by atoms with E-state index in [4.69, 9.17) is 23.2 Å². The third kappa shape index (κ3) is 6.21. The molecule has 1 aromatic heterocycles. The van der Waals surface area contributed by atoms with E-state index in [1.165, 1.54) is 24.3 Å². The molecule has 0 aliphatic carbocycles. The first-order valence-electron chi connectivity index (χ1n) is 9.26. The van der Waals surface area contributed by atoms with Gasteiger partial charge in [-0.05, 0) is 29.8 Å². The van der Waals surface area contributed by atoms with Gasteiger partial charge in [-0.15, -0.1) is 0 Å². The van der Waals surface area contributed by atoms with E-state index in [1.54, 1.807) is 35.1 Å². The molecule has 2 aromatic carbocycles. The summed E-state index contributed by atoms with van der Waals surface area (Å²) in [5.41, 5.74) is 1.28. The lowest BCUT2D eigenvalue weighted by atomic mass is 10.1. The van der Waals surface area contributed by atoms with Gasteiger partial charge in [0, 0.05) is 33.4 Å². The van der Waals surface area contributed by atoms with Gasteiger partial charge in [0.05, 0.1) is 13.2 Å². The number of anilines is 1. The lowest BCUT2D eigenvalue weighted by Crippen LogP contribution is -2.32. The molecule has 1 heterocycles. The molecule has 0 bridgehead atoms. The zero-order valence-corrected chi connectivity index (χ0v) is 17.9. The lowest BCUT2D eigenvalue weighted by Gasteiger charge is -2.15. The Morgan fingerprint density at radius 2 is 1.81 bits per heavy atom. The number of nitrogens with zero attached hydrogens (tertiary/aromatic N) is 2. The minimum Gasteiger partial charge on any atom is -0.370 e. The molecule has 0 atom stereocenters. The van der Waals surface area contributed by atoms with Crippen molar-refractivity contribution in [3.8, 4) is 0 Å². The predicted molar refractivity (Wildman–Crippen MR) is 113 cm³/mol. The van der Waals surface area contributed by atoms with Crippen molar-refractivity contribution < 1.29 is 27.1 Å². The summed E-state index contributed by atoms with van der Waals surface area (Å²) in [7, 11) is 0. The van der Waals surface area contributed by atoms with Gasteiger partial charge in [-0.3, -0.25) is 9.48 Å². The molecule has 1 N–H and O–H groups in total. The summed E-state index contributed by atoms with van der Waals surface area (Å²) in [6.45, 7) is -1.48. The van der Waals surface area contributed by atoms with Crippen LogP contribution in [0.2, 0.25) is 10.0 Å². The van der Waals surface area contributed by atoms with E-state index in [0.717, 1.165) is 0 Å². The highest BCUT2D eigenvalue weighted by Crippen LogP contribution is 2.25. The van der Waals surface area contributed by atoms with Gasteiger partial charge in [0.15, 0.2) is 5.82 Å². The van der Waals surface area contributed by atoms with Gasteiger partial charge in [-0.25, -0.2) is 8.78 Å². The van der Waals surface area contributed by atoms with Crippen molar-refractivity contribution in [3.63, 3.8) is 0 Å². The van der Waals surface area contributed by atoms with Crippen LogP contribution in [0.1, 0.15) is 21.5 Å². The molecule has 0 aliphatic rings. The molecular weight excluding hydrogens is 473 g/mol.